The maximum absolute atomic E-state index is 6.80. The zero-order valence-corrected chi connectivity index (χ0v) is 25.8. The summed E-state index contributed by atoms with van der Waals surface area (Å²) in [6.07, 6.45) is 1.05. The molecule has 1 atom stereocenters. The van der Waals surface area contributed by atoms with Crippen LogP contribution in [0, 0.1) is 0 Å². The van der Waals surface area contributed by atoms with E-state index < -0.39 is 42.3 Å². The lowest BCUT2D eigenvalue weighted by atomic mass is 10.1. The third-order valence-electron chi connectivity index (χ3n) is 4.62. The van der Waals surface area contributed by atoms with Crippen molar-refractivity contribution in [3.63, 3.8) is 0 Å². The van der Waals surface area contributed by atoms with Crippen LogP contribution in [0.2, 0.25) is 77.6 Å². The van der Waals surface area contributed by atoms with Crippen LogP contribution in [-0.4, -0.2) is 42.3 Å². The Morgan fingerprint density at radius 1 is 0.621 bits per heavy atom. The summed E-state index contributed by atoms with van der Waals surface area (Å²) in [6, 6.07) is 10.7. The van der Waals surface area contributed by atoms with Crippen molar-refractivity contribution in [3.05, 3.63) is 35.9 Å². The molecule has 1 aromatic rings. The first-order valence-electron chi connectivity index (χ1n) is 10.7. The fourth-order valence-electron chi connectivity index (χ4n) is 3.93. The van der Waals surface area contributed by atoms with Crippen molar-refractivity contribution < 1.29 is 16.5 Å². The lowest BCUT2D eigenvalue weighted by Gasteiger charge is -2.43. The molecule has 0 aliphatic heterocycles. The van der Waals surface area contributed by atoms with E-state index in [1.165, 1.54) is 5.56 Å². The Hall–Kier alpha value is 0.144. The van der Waals surface area contributed by atoms with Crippen molar-refractivity contribution in [2.75, 3.05) is 0 Å². The van der Waals surface area contributed by atoms with Gasteiger partial charge in [0.15, 0.2) is 16.6 Å². The molecule has 0 saturated carbocycles. The number of rotatable bonds is 11. The molecule has 168 valence electrons. The summed E-state index contributed by atoms with van der Waals surface area (Å²) in [5, 5.41) is 0. The normalized spacial score (nSPS) is 15.4. The van der Waals surface area contributed by atoms with Gasteiger partial charge in [0, 0.05) is 0 Å². The second-order valence-electron chi connectivity index (χ2n) is 10.9. The largest absolute Gasteiger partial charge is 0.437 e. The molecule has 0 radical (unpaired) electrons. The molecule has 1 rings (SSSR count). The minimum absolute atomic E-state index is 0.506. The van der Waals surface area contributed by atoms with Crippen molar-refractivity contribution in [1.82, 2.24) is 0 Å². The first kappa shape index (κ1) is 27.2. The maximum Gasteiger partial charge on any atom is 0.314 e. The van der Waals surface area contributed by atoms with E-state index in [2.05, 4.69) is 109 Å². The summed E-state index contributed by atoms with van der Waals surface area (Å²) < 4.78 is 26.4. The van der Waals surface area contributed by atoms with Crippen molar-refractivity contribution in [1.29, 1.82) is 0 Å². The van der Waals surface area contributed by atoms with Crippen LogP contribution in [0.3, 0.4) is 0 Å². The standard InChI is InChI=1S/C20H44O4Si5/c1-19(18-20-16-14-13-15-17-20)26(5,6)22-28(9,10)24-29(11,12)23-27(7,8)21-25(2,3)4/h13-17,19H,18H2,1-12H3. The quantitative estimate of drug-likeness (QED) is 0.320. The Morgan fingerprint density at radius 2 is 1.03 bits per heavy atom. The highest BCUT2D eigenvalue weighted by Gasteiger charge is 2.46. The molecule has 0 aromatic heterocycles. The van der Waals surface area contributed by atoms with E-state index in [0.717, 1.165) is 6.42 Å². The smallest absolute Gasteiger partial charge is 0.314 e. The highest BCUT2D eigenvalue weighted by molar-refractivity contribution is 6.90. The highest BCUT2D eigenvalue weighted by Crippen LogP contribution is 2.32. The minimum Gasteiger partial charge on any atom is -0.437 e. The monoisotopic (exact) mass is 488 g/mol. The van der Waals surface area contributed by atoms with Crippen molar-refractivity contribution in [2.45, 2.75) is 90.9 Å². The summed E-state index contributed by atoms with van der Waals surface area (Å²) in [4.78, 5) is 0. The van der Waals surface area contributed by atoms with Crippen LogP contribution in [0.5, 0.6) is 0 Å². The fourth-order valence-corrected chi connectivity index (χ4v) is 27.5. The molecule has 0 heterocycles. The Balaban J connectivity index is 2.78. The van der Waals surface area contributed by atoms with E-state index in [9.17, 15) is 0 Å². The number of benzene rings is 1. The Bertz CT molecular complexity index is 642. The molecule has 0 spiro atoms. The molecular formula is C20H44O4Si5. The second kappa shape index (κ2) is 9.74. The topological polar surface area (TPSA) is 36.9 Å². The highest BCUT2D eigenvalue weighted by atomic mass is 28.5. The second-order valence-corrected chi connectivity index (χ2v) is 31.0. The summed E-state index contributed by atoms with van der Waals surface area (Å²) in [5.74, 6) is 0. The molecule has 9 heteroatoms. The maximum atomic E-state index is 6.80. The SMILES string of the molecule is CC(Cc1ccccc1)[Si](C)(C)O[Si](C)(C)O[Si](C)(C)O[Si](C)(C)O[Si](C)(C)C. The summed E-state index contributed by atoms with van der Waals surface area (Å²) in [7, 11) is -10.5. The molecule has 0 N–H and O–H groups in total. The molecule has 0 amide bonds. The first-order valence-corrected chi connectivity index (χ1v) is 25.5. The minimum atomic E-state index is -2.36. The van der Waals surface area contributed by atoms with Gasteiger partial charge < -0.3 is 16.5 Å². The van der Waals surface area contributed by atoms with Gasteiger partial charge in [-0.2, -0.15) is 0 Å². The number of hydrogen-bond donors (Lipinski definition) is 0. The zero-order valence-electron chi connectivity index (χ0n) is 20.8. The van der Waals surface area contributed by atoms with Crippen LogP contribution in [-0.2, 0) is 22.9 Å². The van der Waals surface area contributed by atoms with Crippen LogP contribution >= 0.6 is 0 Å². The molecule has 0 aliphatic carbocycles. The molecule has 0 fully saturated rings. The molecule has 0 aliphatic rings. The van der Waals surface area contributed by atoms with E-state index in [4.69, 9.17) is 16.5 Å². The Kier molecular flexibility index (Phi) is 9.13. The molecule has 1 aromatic carbocycles. The van der Waals surface area contributed by atoms with Crippen LogP contribution in [0.25, 0.3) is 0 Å². The van der Waals surface area contributed by atoms with Crippen molar-refractivity contribution in [3.8, 4) is 0 Å². The van der Waals surface area contributed by atoms with E-state index in [1.807, 2.05) is 0 Å². The van der Waals surface area contributed by atoms with Gasteiger partial charge in [0.05, 0.1) is 0 Å². The van der Waals surface area contributed by atoms with Gasteiger partial charge in [-0.25, -0.2) is 0 Å². The summed E-state index contributed by atoms with van der Waals surface area (Å²) >= 11 is 0. The van der Waals surface area contributed by atoms with Crippen molar-refractivity contribution in [2.24, 2.45) is 0 Å². The average Bonchev–Trinajstić information content (AvgIpc) is 2.41. The summed E-state index contributed by atoms with van der Waals surface area (Å²) in [6.45, 7) is 26.5. The molecule has 4 nitrogen and oxygen atoms in total. The third-order valence-corrected chi connectivity index (χ3v) is 23.5. The van der Waals surface area contributed by atoms with E-state index in [0.29, 0.717) is 5.54 Å². The van der Waals surface area contributed by atoms with Gasteiger partial charge >= 0.3 is 25.7 Å². The summed E-state index contributed by atoms with van der Waals surface area (Å²) in [5.41, 5.74) is 1.88. The van der Waals surface area contributed by atoms with Gasteiger partial charge in [0.25, 0.3) is 0 Å². The molecular weight excluding hydrogens is 445 g/mol. The van der Waals surface area contributed by atoms with Gasteiger partial charge in [-0.05, 0) is 89.5 Å². The molecule has 0 bridgehead atoms. The predicted octanol–water partition coefficient (Wildman–Crippen LogP) is 6.83. The molecule has 0 saturated heterocycles. The van der Waals surface area contributed by atoms with Gasteiger partial charge in [-0.3, -0.25) is 0 Å². The Labute approximate surface area is 185 Å². The third kappa shape index (κ3) is 10.8. The molecule has 29 heavy (non-hydrogen) atoms. The zero-order chi connectivity index (χ0) is 22.7. The van der Waals surface area contributed by atoms with Crippen LogP contribution in [0.15, 0.2) is 30.3 Å². The average molecular weight is 489 g/mol. The van der Waals surface area contributed by atoms with Crippen LogP contribution in [0.1, 0.15) is 12.5 Å². The van der Waals surface area contributed by atoms with Crippen LogP contribution in [0.4, 0.5) is 0 Å². The van der Waals surface area contributed by atoms with Crippen molar-refractivity contribution >= 4 is 42.3 Å². The molecule has 1 unspecified atom stereocenters. The fraction of sp³-hybridized carbons (Fsp3) is 0.700. The van der Waals surface area contributed by atoms with Gasteiger partial charge in [0.2, 0.25) is 0 Å². The van der Waals surface area contributed by atoms with E-state index in [1.54, 1.807) is 0 Å². The Morgan fingerprint density at radius 3 is 1.48 bits per heavy atom. The first-order chi connectivity index (χ1) is 12.8. The predicted molar refractivity (Wildman–Crippen MR) is 137 cm³/mol. The lowest BCUT2D eigenvalue weighted by molar-refractivity contribution is 0.297. The number of hydrogen-bond acceptors (Lipinski definition) is 4. The van der Waals surface area contributed by atoms with E-state index in [-0.39, 0.29) is 0 Å². The lowest BCUT2D eigenvalue weighted by Crippen LogP contribution is -2.58. The van der Waals surface area contributed by atoms with Gasteiger partial charge in [0.1, 0.15) is 0 Å². The van der Waals surface area contributed by atoms with E-state index >= 15 is 0 Å². The van der Waals surface area contributed by atoms with Gasteiger partial charge in [-0.1, -0.05) is 37.3 Å². The van der Waals surface area contributed by atoms with Crippen LogP contribution < -0.4 is 0 Å². The van der Waals surface area contributed by atoms with Gasteiger partial charge in [-0.15, -0.1) is 0 Å².